The van der Waals surface area contributed by atoms with Gasteiger partial charge < -0.3 is 15.5 Å². The maximum atomic E-state index is 12.9. The molecule has 0 saturated carbocycles. The van der Waals surface area contributed by atoms with E-state index in [1.54, 1.807) is 50.4 Å². The Morgan fingerprint density at radius 1 is 1.18 bits per heavy atom. The van der Waals surface area contributed by atoms with Gasteiger partial charge >= 0.3 is 0 Å². The molecule has 1 atom stereocenters. The maximum Gasteiger partial charge on any atom is 0.287 e. The topological polar surface area (TPSA) is 120 Å². The first-order valence-electron chi connectivity index (χ1n) is 8.64. The second kappa shape index (κ2) is 7.91. The van der Waals surface area contributed by atoms with Crippen molar-refractivity contribution in [3.63, 3.8) is 0 Å². The number of primary amides is 1. The Morgan fingerprint density at radius 3 is 2.50 bits per heavy atom. The molecule has 3 aromatic rings. The van der Waals surface area contributed by atoms with Crippen molar-refractivity contribution in [1.82, 2.24) is 15.1 Å². The molecule has 8 heteroatoms. The highest BCUT2D eigenvalue weighted by molar-refractivity contribution is 6.38. The smallest absolute Gasteiger partial charge is 0.287 e. The number of nitrogens with zero attached hydrogens (tertiary/aromatic N) is 2. The molecule has 3 rings (SSSR count). The predicted octanol–water partition coefficient (Wildman–Crippen LogP) is 1.38. The average Bonchev–Trinajstić information content (AvgIpc) is 3.26. The monoisotopic (exact) mass is 380 g/mol. The van der Waals surface area contributed by atoms with Gasteiger partial charge in [-0.25, -0.2) is 0 Å². The third-order valence-corrected chi connectivity index (χ3v) is 4.19. The number of aromatic nitrogens is 2. The molecule has 0 bridgehead atoms. The number of benzene rings is 1. The zero-order valence-corrected chi connectivity index (χ0v) is 15.5. The number of carbonyl (C=O) groups excluding carboxylic acids is 3. The molecule has 1 unspecified atom stereocenters. The second-order valence-electron chi connectivity index (χ2n) is 6.42. The van der Waals surface area contributed by atoms with Crippen LogP contribution in [0.3, 0.4) is 0 Å². The van der Waals surface area contributed by atoms with E-state index in [9.17, 15) is 14.4 Å². The zero-order chi connectivity index (χ0) is 20.3. The molecule has 0 saturated heterocycles. The fraction of sp³-hybridized carbons (Fsp3) is 0.200. The van der Waals surface area contributed by atoms with E-state index in [1.807, 2.05) is 6.07 Å². The molecule has 2 amide bonds. The maximum absolute atomic E-state index is 12.9. The van der Waals surface area contributed by atoms with Crippen molar-refractivity contribution < 1.29 is 18.8 Å². The molecule has 0 spiro atoms. The third kappa shape index (κ3) is 4.17. The van der Waals surface area contributed by atoms with Crippen molar-refractivity contribution in [3.05, 3.63) is 65.5 Å². The lowest BCUT2D eigenvalue weighted by atomic mass is 10.0. The molecular weight excluding hydrogens is 360 g/mol. The molecule has 0 aliphatic carbocycles. The number of aryl methyl sites for hydroxylation is 2. The van der Waals surface area contributed by atoms with Gasteiger partial charge in [0.05, 0.1) is 5.56 Å². The average molecular weight is 380 g/mol. The van der Waals surface area contributed by atoms with Crippen LogP contribution >= 0.6 is 0 Å². The number of nitrogens with one attached hydrogen (secondary N) is 1. The lowest BCUT2D eigenvalue weighted by Gasteiger charge is -2.16. The summed E-state index contributed by atoms with van der Waals surface area (Å²) in [5, 5.41) is 6.88. The van der Waals surface area contributed by atoms with E-state index >= 15 is 0 Å². The number of hydrogen-bond donors (Lipinski definition) is 2. The van der Waals surface area contributed by atoms with E-state index in [0.717, 1.165) is 5.56 Å². The van der Waals surface area contributed by atoms with E-state index < -0.39 is 23.6 Å². The summed E-state index contributed by atoms with van der Waals surface area (Å²) in [5.74, 6) is -1.40. The molecule has 2 heterocycles. The van der Waals surface area contributed by atoms with E-state index in [-0.39, 0.29) is 12.0 Å². The highest BCUT2D eigenvalue weighted by Gasteiger charge is 2.28. The van der Waals surface area contributed by atoms with Crippen molar-refractivity contribution >= 4 is 17.6 Å². The summed E-state index contributed by atoms with van der Waals surface area (Å²) in [6, 6.07) is 11.4. The van der Waals surface area contributed by atoms with Gasteiger partial charge in [-0.3, -0.25) is 19.1 Å². The van der Waals surface area contributed by atoms with Crippen molar-refractivity contribution in [2.24, 2.45) is 12.8 Å². The van der Waals surface area contributed by atoms with Gasteiger partial charge in [0, 0.05) is 19.7 Å². The number of carbonyl (C=O) groups is 3. The minimum Gasteiger partial charge on any atom is -0.460 e. The number of Topliss-reactive ketones (excluding diaryl/α,β-unsaturated/α-hetero) is 1. The number of ketones is 1. The van der Waals surface area contributed by atoms with Crippen LogP contribution in [0.4, 0.5) is 0 Å². The standard InChI is InChI=1S/C20H20N4O4/c1-12-8-9-16(28-12)17-14(11-24(2)23-17)20(27)22-15(18(25)19(21)26)10-13-6-4-3-5-7-13/h3-9,11,15H,10H2,1-2H3,(H2,21,26)(H,22,27). The Bertz CT molecular complexity index is 1020. The van der Waals surface area contributed by atoms with Crippen LogP contribution in [0.25, 0.3) is 11.5 Å². The molecule has 0 radical (unpaired) electrons. The normalized spacial score (nSPS) is 11.8. The highest BCUT2D eigenvalue weighted by Crippen LogP contribution is 2.24. The van der Waals surface area contributed by atoms with Crippen LogP contribution in [-0.2, 0) is 23.1 Å². The van der Waals surface area contributed by atoms with Crippen LogP contribution in [0.2, 0.25) is 0 Å². The van der Waals surface area contributed by atoms with Crippen LogP contribution in [0.15, 0.2) is 53.1 Å². The quantitative estimate of drug-likeness (QED) is 0.600. The van der Waals surface area contributed by atoms with Gasteiger partial charge in [0.2, 0.25) is 5.78 Å². The van der Waals surface area contributed by atoms with Crippen LogP contribution in [0.5, 0.6) is 0 Å². The summed E-state index contributed by atoms with van der Waals surface area (Å²) in [7, 11) is 1.67. The lowest BCUT2D eigenvalue weighted by molar-refractivity contribution is -0.137. The van der Waals surface area contributed by atoms with Crippen LogP contribution in [0.1, 0.15) is 21.7 Å². The fourth-order valence-electron chi connectivity index (χ4n) is 2.87. The first kappa shape index (κ1) is 19.1. The van der Waals surface area contributed by atoms with Crippen molar-refractivity contribution in [3.8, 4) is 11.5 Å². The Labute approximate surface area is 161 Å². The molecule has 0 aliphatic heterocycles. The first-order chi connectivity index (χ1) is 13.3. The fourth-order valence-corrected chi connectivity index (χ4v) is 2.87. The largest absolute Gasteiger partial charge is 0.460 e. The van der Waals surface area contributed by atoms with Crippen molar-refractivity contribution in [2.75, 3.05) is 0 Å². The predicted molar refractivity (Wildman–Crippen MR) is 101 cm³/mol. The van der Waals surface area contributed by atoms with Crippen LogP contribution < -0.4 is 11.1 Å². The minimum absolute atomic E-state index is 0.143. The summed E-state index contributed by atoms with van der Waals surface area (Å²) in [5.41, 5.74) is 6.52. The SMILES string of the molecule is Cc1ccc(-c2nn(C)cc2C(=O)NC(Cc2ccccc2)C(=O)C(N)=O)o1. The van der Waals surface area contributed by atoms with Gasteiger partial charge in [-0.15, -0.1) is 0 Å². The van der Waals surface area contributed by atoms with Crippen molar-refractivity contribution in [1.29, 1.82) is 0 Å². The number of nitrogens with two attached hydrogens (primary N) is 1. The Kier molecular flexibility index (Phi) is 5.39. The van der Waals surface area contributed by atoms with E-state index in [4.69, 9.17) is 10.2 Å². The van der Waals surface area contributed by atoms with Gasteiger partial charge in [-0.2, -0.15) is 5.10 Å². The van der Waals surface area contributed by atoms with Crippen LogP contribution in [-0.4, -0.2) is 33.4 Å². The molecular formula is C20H20N4O4. The summed E-state index contributed by atoms with van der Waals surface area (Å²) < 4.78 is 7.04. The summed E-state index contributed by atoms with van der Waals surface area (Å²) in [6.07, 6.45) is 1.67. The highest BCUT2D eigenvalue weighted by atomic mass is 16.3. The van der Waals surface area contributed by atoms with E-state index in [1.165, 1.54) is 10.9 Å². The molecule has 0 aliphatic rings. The molecule has 0 fully saturated rings. The molecule has 3 N–H and O–H groups in total. The Balaban J connectivity index is 1.88. The van der Waals surface area contributed by atoms with Gasteiger partial charge in [0.15, 0.2) is 5.76 Å². The summed E-state index contributed by atoms with van der Waals surface area (Å²) >= 11 is 0. The van der Waals surface area contributed by atoms with Gasteiger partial charge in [0.1, 0.15) is 17.5 Å². The zero-order valence-electron chi connectivity index (χ0n) is 15.5. The molecule has 8 nitrogen and oxygen atoms in total. The third-order valence-electron chi connectivity index (χ3n) is 4.19. The van der Waals surface area contributed by atoms with E-state index in [2.05, 4.69) is 10.4 Å². The molecule has 2 aromatic heterocycles. The second-order valence-corrected chi connectivity index (χ2v) is 6.42. The van der Waals surface area contributed by atoms with Crippen LogP contribution in [0, 0.1) is 6.92 Å². The number of furan rings is 1. The Morgan fingerprint density at radius 2 is 1.89 bits per heavy atom. The summed E-state index contributed by atoms with van der Waals surface area (Å²) in [6.45, 7) is 1.79. The van der Waals surface area contributed by atoms with Crippen molar-refractivity contribution in [2.45, 2.75) is 19.4 Å². The lowest BCUT2D eigenvalue weighted by Crippen LogP contribution is -2.47. The summed E-state index contributed by atoms with van der Waals surface area (Å²) in [4.78, 5) is 36.6. The molecule has 1 aromatic carbocycles. The number of hydrogen-bond acceptors (Lipinski definition) is 5. The Hall–Kier alpha value is -3.68. The molecule has 144 valence electrons. The minimum atomic E-state index is -1.10. The first-order valence-corrected chi connectivity index (χ1v) is 8.64. The van der Waals surface area contributed by atoms with Gasteiger partial charge in [-0.1, -0.05) is 30.3 Å². The van der Waals surface area contributed by atoms with Gasteiger partial charge in [0.25, 0.3) is 11.8 Å². The number of rotatable bonds is 7. The van der Waals surface area contributed by atoms with Gasteiger partial charge in [-0.05, 0) is 24.6 Å². The van der Waals surface area contributed by atoms with E-state index in [0.29, 0.717) is 17.2 Å². The number of amides is 2. The molecule has 28 heavy (non-hydrogen) atoms.